The maximum Gasteiger partial charge on any atom is 0.326 e. The summed E-state index contributed by atoms with van der Waals surface area (Å²) in [7, 11) is 1.50. The van der Waals surface area contributed by atoms with Gasteiger partial charge in [0.2, 0.25) is 0 Å². The standard InChI is InChI=1S/C20H23FN6O3/c1-23-20(29)27-7-4-15(11-17(27)22)26-8-9-30-16-10-13(12-24-18(16)26)19(28)25-5-2-14(21)3-6-25/h4,7,10-12,14,22H,2-3,5-6,8-9H2,1H3,(H,23,29). The molecule has 0 aliphatic carbocycles. The van der Waals surface area contributed by atoms with Gasteiger partial charge in [-0.1, -0.05) is 0 Å². The first-order chi connectivity index (χ1) is 14.5. The van der Waals surface area contributed by atoms with Gasteiger partial charge in [-0.2, -0.15) is 0 Å². The number of hydrogen-bond donors (Lipinski definition) is 2. The Morgan fingerprint density at radius 1 is 1.27 bits per heavy atom. The Morgan fingerprint density at radius 2 is 2.03 bits per heavy atom. The molecule has 4 heterocycles. The maximum absolute atomic E-state index is 13.4. The van der Waals surface area contributed by atoms with Crippen LogP contribution in [0.15, 0.2) is 30.6 Å². The lowest BCUT2D eigenvalue weighted by molar-refractivity contribution is 0.0666. The van der Waals surface area contributed by atoms with E-state index in [9.17, 15) is 14.0 Å². The highest BCUT2D eigenvalue weighted by molar-refractivity contribution is 5.95. The van der Waals surface area contributed by atoms with E-state index in [1.54, 1.807) is 23.1 Å². The van der Waals surface area contributed by atoms with E-state index < -0.39 is 12.2 Å². The van der Waals surface area contributed by atoms with Crippen molar-refractivity contribution in [1.29, 1.82) is 5.41 Å². The lowest BCUT2D eigenvalue weighted by Crippen LogP contribution is -2.39. The summed E-state index contributed by atoms with van der Waals surface area (Å²) >= 11 is 0. The first-order valence-corrected chi connectivity index (χ1v) is 9.81. The number of alkyl halides is 1. The molecular formula is C20H23FN6O3. The Balaban J connectivity index is 1.59. The minimum atomic E-state index is -0.845. The average molecular weight is 414 g/mol. The molecule has 0 atom stereocenters. The summed E-state index contributed by atoms with van der Waals surface area (Å²) < 4.78 is 20.3. The summed E-state index contributed by atoms with van der Waals surface area (Å²) in [4.78, 5) is 32.5. The van der Waals surface area contributed by atoms with E-state index in [1.807, 2.05) is 4.90 Å². The molecule has 30 heavy (non-hydrogen) atoms. The van der Waals surface area contributed by atoms with Gasteiger partial charge in [-0.05, 0) is 25.0 Å². The van der Waals surface area contributed by atoms with Crippen molar-refractivity contribution in [3.63, 3.8) is 0 Å². The molecule has 4 rings (SSSR count). The number of nitrogens with one attached hydrogen (secondary N) is 2. The van der Waals surface area contributed by atoms with Crippen molar-refractivity contribution in [3.05, 3.63) is 41.6 Å². The van der Waals surface area contributed by atoms with Gasteiger partial charge in [-0.15, -0.1) is 0 Å². The third-order valence-electron chi connectivity index (χ3n) is 5.30. The molecule has 0 radical (unpaired) electrons. The van der Waals surface area contributed by atoms with Crippen LogP contribution in [0.5, 0.6) is 5.75 Å². The van der Waals surface area contributed by atoms with Crippen LogP contribution < -0.4 is 20.4 Å². The molecule has 2 aliphatic rings. The Labute approximate surface area is 172 Å². The van der Waals surface area contributed by atoms with Crippen LogP contribution in [0.25, 0.3) is 0 Å². The van der Waals surface area contributed by atoms with Gasteiger partial charge in [-0.3, -0.25) is 14.8 Å². The van der Waals surface area contributed by atoms with Crippen molar-refractivity contribution in [3.8, 4) is 5.75 Å². The largest absolute Gasteiger partial charge is 0.488 e. The van der Waals surface area contributed by atoms with Gasteiger partial charge < -0.3 is 19.9 Å². The van der Waals surface area contributed by atoms with Crippen LogP contribution in [0.1, 0.15) is 23.2 Å². The Kier molecular flexibility index (Phi) is 5.39. The average Bonchev–Trinajstić information content (AvgIpc) is 2.77. The first kappa shape index (κ1) is 19.9. The molecule has 2 aromatic heterocycles. The molecule has 2 aliphatic heterocycles. The molecule has 1 saturated heterocycles. The molecule has 0 spiro atoms. The van der Waals surface area contributed by atoms with Crippen LogP contribution in [0.4, 0.5) is 20.7 Å². The fourth-order valence-electron chi connectivity index (χ4n) is 3.66. The van der Waals surface area contributed by atoms with Gasteiger partial charge in [0, 0.05) is 44.3 Å². The van der Waals surface area contributed by atoms with E-state index in [1.165, 1.54) is 24.0 Å². The van der Waals surface area contributed by atoms with Crippen LogP contribution in [0.2, 0.25) is 0 Å². The highest BCUT2D eigenvalue weighted by Gasteiger charge is 2.27. The zero-order chi connectivity index (χ0) is 21.3. The second-order valence-electron chi connectivity index (χ2n) is 7.21. The summed E-state index contributed by atoms with van der Waals surface area (Å²) in [5.74, 6) is 0.831. The number of aromatic nitrogens is 2. The van der Waals surface area contributed by atoms with Crippen molar-refractivity contribution in [1.82, 2.24) is 19.8 Å². The number of rotatable bonds is 2. The van der Waals surface area contributed by atoms with Crippen LogP contribution >= 0.6 is 0 Å². The lowest BCUT2D eigenvalue weighted by Gasteiger charge is -2.31. The molecule has 1 fully saturated rings. The number of carbonyl (C=O) groups excluding carboxylic acids is 2. The number of ether oxygens (including phenoxy) is 1. The monoisotopic (exact) mass is 414 g/mol. The fourth-order valence-corrected chi connectivity index (χ4v) is 3.66. The summed E-state index contributed by atoms with van der Waals surface area (Å²) in [5, 5.41) is 10.6. The number of amides is 2. The van der Waals surface area contributed by atoms with Crippen LogP contribution in [0, 0.1) is 5.41 Å². The number of piperidine rings is 1. The summed E-state index contributed by atoms with van der Waals surface area (Å²) in [6, 6.07) is 4.57. The van der Waals surface area contributed by atoms with Crippen LogP contribution in [-0.2, 0) is 0 Å². The van der Waals surface area contributed by atoms with Crippen molar-refractivity contribution < 1.29 is 18.7 Å². The van der Waals surface area contributed by atoms with Crippen LogP contribution in [-0.4, -0.2) is 65.8 Å². The number of nitrogens with zero attached hydrogens (tertiary/aromatic N) is 4. The number of carbonyl (C=O) groups is 2. The normalized spacial score (nSPS) is 16.6. The summed E-state index contributed by atoms with van der Waals surface area (Å²) in [5.41, 5.74) is 1.13. The molecule has 10 heteroatoms. The highest BCUT2D eigenvalue weighted by Crippen LogP contribution is 2.35. The molecule has 0 saturated carbocycles. The van der Waals surface area contributed by atoms with Gasteiger partial charge in [0.05, 0.1) is 12.1 Å². The number of likely N-dealkylation sites (tertiary alicyclic amines) is 1. The molecule has 9 nitrogen and oxygen atoms in total. The van der Waals surface area contributed by atoms with Gasteiger partial charge in [0.25, 0.3) is 5.91 Å². The molecular weight excluding hydrogens is 391 g/mol. The van der Waals surface area contributed by atoms with Gasteiger partial charge in [0.1, 0.15) is 18.3 Å². The van der Waals surface area contributed by atoms with Crippen molar-refractivity contribution >= 4 is 23.4 Å². The van der Waals surface area contributed by atoms with Crippen molar-refractivity contribution in [2.45, 2.75) is 19.0 Å². The minimum absolute atomic E-state index is 0.0305. The molecule has 158 valence electrons. The fraction of sp³-hybridized carbons (Fsp3) is 0.400. The Morgan fingerprint density at radius 3 is 2.73 bits per heavy atom. The van der Waals surface area contributed by atoms with Gasteiger partial charge in [-0.25, -0.2) is 14.2 Å². The first-order valence-electron chi connectivity index (χ1n) is 9.81. The van der Waals surface area contributed by atoms with E-state index in [0.717, 1.165) is 0 Å². The smallest absolute Gasteiger partial charge is 0.326 e. The quantitative estimate of drug-likeness (QED) is 0.778. The second-order valence-corrected chi connectivity index (χ2v) is 7.21. The lowest BCUT2D eigenvalue weighted by atomic mass is 10.1. The van der Waals surface area contributed by atoms with Crippen molar-refractivity contribution in [2.24, 2.45) is 0 Å². The minimum Gasteiger partial charge on any atom is -0.488 e. The van der Waals surface area contributed by atoms with E-state index in [2.05, 4.69) is 10.3 Å². The topological polar surface area (TPSA) is 104 Å². The molecule has 0 bridgehead atoms. The molecule has 0 unspecified atom stereocenters. The predicted molar refractivity (Wildman–Crippen MR) is 107 cm³/mol. The Bertz CT molecular complexity index is 1030. The predicted octanol–water partition coefficient (Wildman–Crippen LogP) is 1.65. The van der Waals surface area contributed by atoms with E-state index >= 15 is 0 Å². The van der Waals surface area contributed by atoms with E-state index in [4.69, 9.17) is 10.1 Å². The molecule has 0 aromatic carbocycles. The summed E-state index contributed by atoms with van der Waals surface area (Å²) in [6.07, 6.45) is 2.89. The van der Waals surface area contributed by atoms with Gasteiger partial charge >= 0.3 is 6.03 Å². The second kappa shape index (κ2) is 8.13. The third-order valence-corrected chi connectivity index (χ3v) is 5.30. The van der Waals surface area contributed by atoms with E-state index in [-0.39, 0.29) is 11.4 Å². The van der Waals surface area contributed by atoms with Crippen molar-refractivity contribution in [2.75, 3.05) is 38.2 Å². The molecule has 2 amide bonds. The number of halogens is 1. The maximum atomic E-state index is 13.4. The Hall–Kier alpha value is -3.43. The number of anilines is 2. The molecule has 2 N–H and O–H groups in total. The zero-order valence-electron chi connectivity index (χ0n) is 16.6. The number of pyridine rings is 2. The van der Waals surface area contributed by atoms with Gasteiger partial charge in [0.15, 0.2) is 11.6 Å². The van der Waals surface area contributed by atoms with E-state index in [0.29, 0.717) is 61.9 Å². The number of fused-ring (bicyclic) bond motifs is 1. The number of hydrogen-bond acceptors (Lipinski definition) is 6. The zero-order valence-corrected chi connectivity index (χ0v) is 16.6. The third kappa shape index (κ3) is 3.72. The summed E-state index contributed by atoms with van der Waals surface area (Å²) in [6.45, 7) is 1.69. The molecule has 2 aromatic rings. The van der Waals surface area contributed by atoms with Crippen LogP contribution in [0.3, 0.4) is 0 Å². The highest BCUT2D eigenvalue weighted by atomic mass is 19.1. The SMILES string of the molecule is CNC(=O)n1ccc(N2CCOc3cc(C(=O)N4CCC(F)CC4)cnc32)cc1=N.